The lowest BCUT2D eigenvalue weighted by Gasteiger charge is -2.12. The molecule has 0 aliphatic heterocycles. The molecule has 1 rings (SSSR count). The first-order valence-corrected chi connectivity index (χ1v) is 7.14. The van der Waals surface area contributed by atoms with E-state index in [1.807, 2.05) is 50.2 Å². The van der Waals surface area contributed by atoms with Gasteiger partial charge in [0.15, 0.2) is 0 Å². The molecule has 0 saturated heterocycles. The largest absolute Gasteiger partial charge is 0.494 e. The van der Waals surface area contributed by atoms with E-state index in [9.17, 15) is 4.79 Å². The molecule has 6 nitrogen and oxygen atoms in total. The van der Waals surface area contributed by atoms with Crippen LogP contribution in [0.15, 0.2) is 24.3 Å². The number of likely N-dealkylation sites (N-methyl/N-ethyl adjacent to an activating group) is 1. The van der Waals surface area contributed by atoms with E-state index in [1.165, 1.54) is 0 Å². The number of urea groups is 1. The molecule has 2 amide bonds. The number of carbonyl (C=O) groups is 1. The highest BCUT2D eigenvalue weighted by Gasteiger charge is 2.00. The summed E-state index contributed by atoms with van der Waals surface area (Å²) < 4.78 is 10.9. The lowest BCUT2D eigenvalue weighted by atomic mass is 10.3. The summed E-state index contributed by atoms with van der Waals surface area (Å²) in [6.45, 7) is 4.86. The minimum absolute atomic E-state index is 0.177. The van der Waals surface area contributed by atoms with Crippen LogP contribution in [0.3, 0.4) is 0 Å². The Kier molecular flexibility index (Phi) is 8.04. The van der Waals surface area contributed by atoms with E-state index in [0.717, 1.165) is 18.0 Å². The molecule has 0 aromatic heterocycles. The normalized spacial score (nSPS) is 10.3. The van der Waals surface area contributed by atoms with Crippen molar-refractivity contribution in [2.75, 3.05) is 46.9 Å². The Balaban J connectivity index is 2.16. The van der Waals surface area contributed by atoms with Crippen molar-refractivity contribution in [3.8, 4) is 11.5 Å². The zero-order chi connectivity index (χ0) is 15.5. The summed E-state index contributed by atoms with van der Waals surface area (Å²) in [6, 6.07) is 7.28. The van der Waals surface area contributed by atoms with E-state index in [4.69, 9.17) is 9.47 Å². The van der Waals surface area contributed by atoms with Gasteiger partial charge in [0.05, 0.1) is 13.2 Å². The number of ether oxygens (including phenoxy) is 2. The van der Waals surface area contributed by atoms with Gasteiger partial charge in [-0.05, 0) is 33.2 Å². The third kappa shape index (κ3) is 8.04. The molecule has 21 heavy (non-hydrogen) atoms. The highest BCUT2D eigenvalue weighted by atomic mass is 16.5. The molecule has 1 aromatic rings. The van der Waals surface area contributed by atoms with Gasteiger partial charge in [-0.1, -0.05) is 6.07 Å². The Bertz CT molecular complexity index is 424. The molecule has 0 saturated carbocycles. The van der Waals surface area contributed by atoms with Gasteiger partial charge in [0.1, 0.15) is 18.1 Å². The first-order chi connectivity index (χ1) is 10.1. The van der Waals surface area contributed by atoms with E-state index >= 15 is 0 Å². The lowest BCUT2D eigenvalue weighted by molar-refractivity contribution is 0.235. The fourth-order valence-corrected chi connectivity index (χ4v) is 1.61. The van der Waals surface area contributed by atoms with Crippen molar-refractivity contribution >= 4 is 6.03 Å². The van der Waals surface area contributed by atoms with E-state index in [0.29, 0.717) is 26.3 Å². The molecule has 0 aliphatic carbocycles. The smallest absolute Gasteiger partial charge is 0.314 e. The summed E-state index contributed by atoms with van der Waals surface area (Å²) in [6.07, 6.45) is 0. The maximum Gasteiger partial charge on any atom is 0.314 e. The third-order valence-corrected chi connectivity index (χ3v) is 2.62. The lowest BCUT2D eigenvalue weighted by Crippen LogP contribution is -2.40. The van der Waals surface area contributed by atoms with Crippen LogP contribution in [0.1, 0.15) is 6.92 Å². The number of rotatable bonds is 9. The van der Waals surface area contributed by atoms with Crippen molar-refractivity contribution in [3.63, 3.8) is 0 Å². The maximum absolute atomic E-state index is 11.5. The SMILES string of the molecule is CCOc1cccc(OCCNC(=O)NCCN(C)C)c1. The first-order valence-electron chi connectivity index (χ1n) is 7.14. The molecular formula is C15H25N3O3. The van der Waals surface area contributed by atoms with E-state index in [2.05, 4.69) is 10.6 Å². The first kappa shape index (κ1) is 17.1. The van der Waals surface area contributed by atoms with Crippen LogP contribution < -0.4 is 20.1 Å². The summed E-state index contributed by atoms with van der Waals surface area (Å²) in [5, 5.41) is 5.51. The molecule has 0 atom stereocenters. The number of hydrogen-bond donors (Lipinski definition) is 2. The second kappa shape index (κ2) is 9.88. The van der Waals surface area contributed by atoms with Crippen molar-refractivity contribution < 1.29 is 14.3 Å². The minimum atomic E-state index is -0.177. The molecule has 0 fully saturated rings. The third-order valence-electron chi connectivity index (χ3n) is 2.62. The summed E-state index contributed by atoms with van der Waals surface area (Å²) in [5.74, 6) is 1.51. The quantitative estimate of drug-likeness (QED) is 0.675. The molecule has 0 heterocycles. The molecule has 0 aliphatic rings. The number of nitrogens with one attached hydrogen (secondary N) is 2. The predicted molar refractivity (Wildman–Crippen MR) is 83.1 cm³/mol. The summed E-state index contributed by atoms with van der Waals surface area (Å²) in [7, 11) is 3.92. The van der Waals surface area contributed by atoms with Crippen molar-refractivity contribution in [2.24, 2.45) is 0 Å². The van der Waals surface area contributed by atoms with Crippen LogP contribution >= 0.6 is 0 Å². The van der Waals surface area contributed by atoms with Crippen LogP contribution in [-0.4, -0.2) is 57.9 Å². The molecule has 1 aromatic carbocycles. The Hall–Kier alpha value is -1.95. The average Bonchev–Trinajstić information content (AvgIpc) is 2.44. The molecule has 2 N–H and O–H groups in total. The summed E-state index contributed by atoms with van der Waals surface area (Å²) in [4.78, 5) is 13.5. The molecule has 6 heteroatoms. The topological polar surface area (TPSA) is 62.8 Å². The van der Waals surface area contributed by atoms with Crippen LogP contribution in [0, 0.1) is 0 Å². The summed E-state index contributed by atoms with van der Waals surface area (Å²) >= 11 is 0. The van der Waals surface area contributed by atoms with Crippen molar-refractivity contribution in [3.05, 3.63) is 24.3 Å². The molecule has 0 bridgehead atoms. The van der Waals surface area contributed by atoms with Crippen molar-refractivity contribution in [1.82, 2.24) is 15.5 Å². The number of nitrogens with zero attached hydrogens (tertiary/aromatic N) is 1. The van der Waals surface area contributed by atoms with E-state index < -0.39 is 0 Å². The fourth-order valence-electron chi connectivity index (χ4n) is 1.61. The van der Waals surface area contributed by atoms with Gasteiger partial charge < -0.3 is 25.0 Å². The van der Waals surface area contributed by atoms with Crippen LogP contribution in [-0.2, 0) is 0 Å². The van der Waals surface area contributed by atoms with Crippen molar-refractivity contribution in [1.29, 1.82) is 0 Å². The zero-order valence-electron chi connectivity index (χ0n) is 13.0. The molecule has 118 valence electrons. The van der Waals surface area contributed by atoms with Gasteiger partial charge in [0, 0.05) is 19.2 Å². The number of benzene rings is 1. The van der Waals surface area contributed by atoms with Crippen LogP contribution in [0.2, 0.25) is 0 Å². The Morgan fingerprint density at radius 1 is 1.14 bits per heavy atom. The van der Waals surface area contributed by atoms with Gasteiger partial charge in [-0.3, -0.25) is 0 Å². The monoisotopic (exact) mass is 295 g/mol. The Morgan fingerprint density at radius 2 is 1.81 bits per heavy atom. The van der Waals surface area contributed by atoms with E-state index in [-0.39, 0.29) is 6.03 Å². The standard InChI is InChI=1S/C15H25N3O3/c1-4-20-13-6-5-7-14(12-13)21-11-9-17-15(19)16-8-10-18(2)3/h5-7,12H,4,8-11H2,1-3H3,(H2,16,17,19). The highest BCUT2D eigenvalue weighted by Crippen LogP contribution is 2.18. The zero-order valence-corrected chi connectivity index (χ0v) is 13.0. The summed E-state index contributed by atoms with van der Waals surface area (Å²) in [5.41, 5.74) is 0. The Labute approximate surface area is 126 Å². The van der Waals surface area contributed by atoms with Crippen LogP contribution in [0.4, 0.5) is 4.79 Å². The highest BCUT2D eigenvalue weighted by molar-refractivity contribution is 5.73. The second-order valence-corrected chi connectivity index (χ2v) is 4.74. The average molecular weight is 295 g/mol. The second-order valence-electron chi connectivity index (χ2n) is 4.74. The molecule has 0 spiro atoms. The van der Waals surface area contributed by atoms with Crippen LogP contribution in [0.5, 0.6) is 11.5 Å². The number of amides is 2. The molecule has 0 radical (unpaired) electrons. The number of carbonyl (C=O) groups excluding carboxylic acids is 1. The molecule has 0 unspecified atom stereocenters. The van der Waals surface area contributed by atoms with Gasteiger partial charge >= 0.3 is 6.03 Å². The van der Waals surface area contributed by atoms with Crippen molar-refractivity contribution in [2.45, 2.75) is 6.92 Å². The fraction of sp³-hybridized carbons (Fsp3) is 0.533. The van der Waals surface area contributed by atoms with Gasteiger partial charge in [-0.25, -0.2) is 4.79 Å². The predicted octanol–water partition coefficient (Wildman–Crippen LogP) is 1.32. The van der Waals surface area contributed by atoms with Gasteiger partial charge in [0.2, 0.25) is 0 Å². The van der Waals surface area contributed by atoms with E-state index in [1.54, 1.807) is 0 Å². The minimum Gasteiger partial charge on any atom is -0.494 e. The van der Waals surface area contributed by atoms with Crippen LogP contribution in [0.25, 0.3) is 0 Å². The Morgan fingerprint density at radius 3 is 2.48 bits per heavy atom. The van der Waals surface area contributed by atoms with Gasteiger partial charge in [-0.2, -0.15) is 0 Å². The molecular weight excluding hydrogens is 270 g/mol. The van der Waals surface area contributed by atoms with Gasteiger partial charge in [-0.15, -0.1) is 0 Å². The number of hydrogen-bond acceptors (Lipinski definition) is 4. The van der Waals surface area contributed by atoms with Gasteiger partial charge in [0.25, 0.3) is 0 Å². The maximum atomic E-state index is 11.5.